The number of ether oxygens (including phenoxy) is 4. The van der Waals surface area contributed by atoms with Crippen molar-refractivity contribution in [2.45, 2.75) is 76.7 Å². The highest BCUT2D eigenvalue weighted by Gasteiger charge is 2.47. The first-order chi connectivity index (χ1) is 31.3. The van der Waals surface area contributed by atoms with Gasteiger partial charge in [-0.3, -0.25) is 29.4 Å². The molecule has 4 bridgehead atoms. The molecule has 0 spiro atoms. The van der Waals surface area contributed by atoms with Crippen molar-refractivity contribution < 1.29 is 28.5 Å². The summed E-state index contributed by atoms with van der Waals surface area (Å²) in [5, 5.41) is 1.88. The highest BCUT2D eigenvalue weighted by Crippen LogP contribution is 2.49. The number of methoxy groups -OCH3 is 2. The van der Waals surface area contributed by atoms with Gasteiger partial charge >= 0.3 is 0 Å². The third-order valence-corrected chi connectivity index (χ3v) is 15.7. The maximum absolute atomic E-state index is 15.1. The number of pyridine rings is 2. The molecule has 0 saturated carbocycles. The summed E-state index contributed by atoms with van der Waals surface area (Å²) in [5.74, 6) is 4.15. The molecule has 13 rings (SSSR count). The minimum absolute atomic E-state index is 0.0377. The minimum Gasteiger partial charge on any atom is -0.497 e. The number of carbonyl (C=O) groups excluding carboxylic acids is 2. The molecule has 6 aromatic rings. The normalized spacial score (nSPS) is 26.6. The van der Waals surface area contributed by atoms with Gasteiger partial charge in [0.05, 0.1) is 48.5 Å². The Hall–Kier alpha value is -5.84. The molecular weight excluding hydrogens is 801 g/mol. The van der Waals surface area contributed by atoms with Crippen molar-refractivity contribution in [1.82, 2.24) is 19.8 Å². The third-order valence-electron chi connectivity index (χ3n) is 15.7. The zero-order chi connectivity index (χ0) is 43.6. The maximum atomic E-state index is 15.1. The molecule has 0 N–H and O–H groups in total. The van der Waals surface area contributed by atoms with Gasteiger partial charge in [-0.2, -0.15) is 0 Å². The number of rotatable bonds is 12. The molecule has 7 aliphatic rings. The number of benzene rings is 4. The van der Waals surface area contributed by atoms with Crippen LogP contribution in [0.4, 0.5) is 0 Å². The van der Waals surface area contributed by atoms with Crippen molar-refractivity contribution in [2.75, 3.05) is 40.4 Å². The van der Waals surface area contributed by atoms with Crippen molar-refractivity contribution in [3.63, 3.8) is 0 Å². The lowest BCUT2D eigenvalue weighted by Crippen LogP contribution is -2.56. The number of nitrogens with zero attached hydrogens (tertiary/aromatic N) is 4. The molecule has 0 radical (unpaired) electrons. The number of piperidine rings is 6. The molecule has 328 valence electrons. The average molecular weight is 857 g/mol. The maximum Gasteiger partial charge on any atom is 0.198 e. The van der Waals surface area contributed by atoms with Crippen molar-refractivity contribution in [3.05, 3.63) is 131 Å². The van der Waals surface area contributed by atoms with Crippen LogP contribution in [-0.2, 0) is 0 Å². The van der Waals surface area contributed by atoms with E-state index in [4.69, 9.17) is 28.9 Å². The highest BCUT2D eigenvalue weighted by atomic mass is 16.5. The molecule has 10 atom stereocenters. The van der Waals surface area contributed by atoms with Crippen LogP contribution < -0.4 is 18.9 Å². The smallest absolute Gasteiger partial charge is 0.198 e. The molecule has 10 nitrogen and oxygen atoms in total. The lowest BCUT2D eigenvalue weighted by molar-refractivity contribution is -0.0493. The number of ketones is 2. The highest BCUT2D eigenvalue weighted by molar-refractivity contribution is 6.30. The predicted octanol–water partition coefficient (Wildman–Crippen LogP) is 10.1. The van der Waals surface area contributed by atoms with Gasteiger partial charge < -0.3 is 18.9 Å². The summed E-state index contributed by atoms with van der Waals surface area (Å²) in [6, 6.07) is 27.0. The van der Waals surface area contributed by atoms with E-state index in [2.05, 4.69) is 23.6 Å². The van der Waals surface area contributed by atoms with E-state index >= 15 is 9.59 Å². The van der Waals surface area contributed by atoms with Crippen LogP contribution in [0.2, 0.25) is 0 Å². The quantitative estimate of drug-likeness (QED) is 0.118. The van der Waals surface area contributed by atoms with Crippen molar-refractivity contribution in [2.24, 2.45) is 23.7 Å². The van der Waals surface area contributed by atoms with Crippen LogP contribution in [0, 0.1) is 23.7 Å². The summed E-state index contributed by atoms with van der Waals surface area (Å²) in [6.45, 7) is 8.58. The van der Waals surface area contributed by atoms with Gasteiger partial charge in [0.15, 0.2) is 11.6 Å². The van der Waals surface area contributed by atoms with Gasteiger partial charge in [0.2, 0.25) is 0 Å². The fourth-order valence-corrected chi connectivity index (χ4v) is 12.3. The molecule has 64 heavy (non-hydrogen) atoms. The molecule has 10 heteroatoms. The lowest BCUT2D eigenvalue weighted by Gasteiger charge is -2.52. The first-order valence-electron chi connectivity index (χ1n) is 23.4. The molecule has 1 aliphatic carbocycles. The average Bonchev–Trinajstić information content (AvgIpc) is 3.36. The molecule has 6 saturated heterocycles. The van der Waals surface area contributed by atoms with Crippen molar-refractivity contribution >= 4 is 33.4 Å². The molecule has 0 amide bonds. The Labute approximate surface area is 374 Å². The second-order valence-corrected chi connectivity index (χ2v) is 18.7. The van der Waals surface area contributed by atoms with Crippen molar-refractivity contribution in [1.29, 1.82) is 0 Å². The standard InChI is InChI=1S/C54H56N4O6/c1-5-31-29-57-23-19-33(31)25-45(57)53(39-17-21-55-43-13-11-35(61-3)27-41(39)43)63-47-15-16-48(50-49(47)51(59)37-9-7-8-10-38(37)52(50)60)64-54(46-26-34-20-24-58(46)30-32(34)6-2)40-18-22-56-44-14-12-36(62-4)28-42(40)44/h7-18,21-22,27-28,31-34,45-46,53-54H,5-6,19-20,23-26,29-30H2,1-4H3/t31?,32?,33?,34?,45-,46?,53+,54+/m0/s1. The van der Waals surface area contributed by atoms with E-state index in [1.54, 1.807) is 26.4 Å². The van der Waals surface area contributed by atoms with E-state index in [0.29, 0.717) is 46.3 Å². The first kappa shape index (κ1) is 40.9. The van der Waals surface area contributed by atoms with Gasteiger partial charge in [-0.05, 0) is 123 Å². The summed E-state index contributed by atoms with van der Waals surface area (Å²) < 4.78 is 26.3. The van der Waals surface area contributed by atoms with Crippen LogP contribution in [0.1, 0.15) is 108 Å². The number of fused-ring (bicyclic) bond motifs is 10. The van der Waals surface area contributed by atoms with Crippen LogP contribution in [0.5, 0.6) is 23.0 Å². The van der Waals surface area contributed by atoms with Gasteiger partial charge in [-0.25, -0.2) is 0 Å². The summed E-state index contributed by atoms with van der Waals surface area (Å²) >= 11 is 0. The monoisotopic (exact) mass is 856 g/mol. The van der Waals surface area contributed by atoms with Crippen LogP contribution in [0.3, 0.4) is 0 Å². The Bertz CT molecular complexity index is 2600. The molecular formula is C54H56N4O6. The van der Waals surface area contributed by atoms with Crippen LogP contribution in [-0.4, -0.2) is 83.8 Å². The fourth-order valence-electron chi connectivity index (χ4n) is 12.3. The molecule has 6 aliphatic heterocycles. The van der Waals surface area contributed by atoms with E-state index in [0.717, 1.165) is 109 Å². The SMILES string of the molecule is CCC1CN2CCC1CC2[C@H](Oc1ccc(O[C@H](c2ccnc3ccc(OC)cc23)[C@@H]2CC3CCN2CC3CC)c2c1C(=O)c1ccccc1C2=O)c1ccnc2ccc(OC)cc12. The van der Waals surface area contributed by atoms with Gasteiger partial charge in [-0.15, -0.1) is 0 Å². The number of aromatic nitrogens is 2. The third kappa shape index (κ3) is 6.83. The zero-order valence-electron chi connectivity index (χ0n) is 37.2. The molecule has 2 aromatic heterocycles. The van der Waals surface area contributed by atoms with E-state index < -0.39 is 12.2 Å². The number of hydrogen-bond donors (Lipinski definition) is 0. The van der Waals surface area contributed by atoms with E-state index in [1.807, 2.05) is 85.2 Å². The molecule has 4 aromatic carbocycles. The van der Waals surface area contributed by atoms with E-state index in [1.165, 1.54) is 0 Å². The van der Waals surface area contributed by atoms with Crippen LogP contribution in [0.25, 0.3) is 21.8 Å². The van der Waals surface area contributed by atoms with E-state index in [-0.39, 0.29) is 34.8 Å². The Morgan fingerprint density at radius 3 is 1.45 bits per heavy atom. The predicted molar refractivity (Wildman–Crippen MR) is 247 cm³/mol. The number of hydrogen-bond acceptors (Lipinski definition) is 10. The van der Waals surface area contributed by atoms with Gasteiger partial charge in [-0.1, -0.05) is 51.0 Å². The summed E-state index contributed by atoms with van der Waals surface area (Å²) in [6.07, 6.45) is 9.30. The zero-order valence-corrected chi connectivity index (χ0v) is 37.2. The Balaban J connectivity index is 1.07. The van der Waals surface area contributed by atoms with Gasteiger partial charge in [0.1, 0.15) is 35.2 Å². The molecule has 6 fully saturated rings. The van der Waals surface area contributed by atoms with Crippen molar-refractivity contribution in [3.8, 4) is 23.0 Å². The second kappa shape index (κ2) is 16.6. The first-order valence-corrected chi connectivity index (χ1v) is 23.4. The topological polar surface area (TPSA) is 103 Å². The van der Waals surface area contributed by atoms with Gasteiger partial charge in [0, 0.05) is 58.5 Å². The Morgan fingerprint density at radius 1 is 0.609 bits per heavy atom. The van der Waals surface area contributed by atoms with Crippen LogP contribution >= 0.6 is 0 Å². The Kier molecular flexibility index (Phi) is 10.6. The largest absolute Gasteiger partial charge is 0.497 e. The lowest BCUT2D eigenvalue weighted by atomic mass is 9.72. The van der Waals surface area contributed by atoms with Crippen LogP contribution in [0.15, 0.2) is 97.3 Å². The summed E-state index contributed by atoms with van der Waals surface area (Å²) in [4.78, 5) is 45.0. The fraction of sp³-hybridized carbons (Fsp3) is 0.407. The Morgan fingerprint density at radius 2 is 1.06 bits per heavy atom. The summed E-state index contributed by atoms with van der Waals surface area (Å²) in [5.41, 5.74) is 4.87. The molecule has 7 unspecified atom stereocenters. The van der Waals surface area contributed by atoms with Gasteiger partial charge in [0.25, 0.3) is 0 Å². The van der Waals surface area contributed by atoms with E-state index in [9.17, 15) is 0 Å². The second-order valence-electron chi connectivity index (χ2n) is 18.7. The molecule has 8 heterocycles. The summed E-state index contributed by atoms with van der Waals surface area (Å²) in [7, 11) is 3.35. The number of carbonyl (C=O) groups is 2. The minimum atomic E-state index is -0.475.